The maximum absolute atomic E-state index is 12.7. The number of para-hydroxylation sites is 1. The predicted octanol–water partition coefficient (Wildman–Crippen LogP) is -0.273. The van der Waals surface area contributed by atoms with Gasteiger partial charge in [-0.2, -0.15) is 14.4 Å². The zero-order chi connectivity index (χ0) is 16.9. The molecule has 0 atom stereocenters. The smallest absolute Gasteiger partial charge is 0.691 e. The first-order chi connectivity index (χ1) is 11.7. The van der Waals surface area contributed by atoms with Gasteiger partial charge in [0, 0.05) is 4.90 Å². The van der Waals surface area contributed by atoms with Crippen LogP contribution in [0.4, 0.5) is 5.69 Å². The molecule has 1 amide bonds. The SMILES string of the molecule is CC1=NN(c2ccccc2)C(=O)/C1=C\c1ccccc1SOO[O-].[Na+]. The first kappa shape index (κ1) is 19.9. The molecule has 2 aromatic carbocycles. The molecule has 1 aliphatic heterocycles. The monoisotopic (exact) mass is 364 g/mol. The summed E-state index contributed by atoms with van der Waals surface area (Å²) in [7, 11) is 0. The van der Waals surface area contributed by atoms with E-state index in [-0.39, 0.29) is 35.5 Å². The molecule has 0 unspecified atom stereocenters. The number of rotatable bonds is 5. The third kappa shape index (κ3) is 4.59. The van der Waals surface area contributed by atoms with Crippen LogP contribution in [0.25, 0.3) is 6.08 Å². The Morgan fingerprint density at radius 1 is 1.12 bits per heavy atom. The zero-order valence-corrected chi connectivity index (χ0v) is 16.5. The molecule has 25 heavy (non-hydrogen) atoms. The van der Waals surface area contributed by atoms with Gasteiger partial charge in [-0.05, 0) is 36.8 Å². The number of hydrogen-bond acceptors (Lipinski definition) is 6. The minimum absolute atomic E-state index is 0. The number of carbonyl (C=O) groups excluding carboxylic acids is 1. The molecule has 0 aromatic heterocycles. The number of amides is 1. The molecule has 8 heteroatoms. The molecule has 1 aliphatic rings. The number of benzene rings is 2. The molecular formula is C17H13N2NaO4S. The average molecular weight is 364 g/mol. The molecule has 0 radical (unpaired) electrons. The summed E-state index contributed by atoms with van der Waals surface area (Å²) in [6, 6.07) is 16.4. The summed E-state index contributed by atoms with van der Waals surface area (Å²) in [5.74, 6) is -0.209. The molecule has 3 rings (SSSR count). The van der Waals surface area contributed by atoms with Crippen LogP contribution in [-0.2, 0) is 14.2 Å². The number of hydrazone groups is 1. The molecule has 0 aliphatic carbocycles. The molecular weight excluding hydrogens is 351 g/mol. The van der Waals surface area contributed by atoms with Crippen molar-refractivity contribution >= 4 is 35.4 Å². The van der Waals surface area contributed by atoms with E-state index in [4.69, 9.17) is 0 Å². The number of nitrogens with zero attached hydrogens (tertiary/aromatic N) is 2. The van der Waals surface area contributed by atoms with Crippen LogP contribution < -0.4 is 39.8 Å². The summed E-state index contributed by atoms with van der Waals surface area (Å²) in [5, 5.41) is 19.1. The van der Waals surface area contributed by atoms with Crippen LogP contribution in [0.3, 0.4) is 0 Å². The molecule has 0 saturated heterocycles. The van der Waals surface area contributed by atoms with E-state index in [1.54, 1.807) is 25.1 Å². The second-order valence-electron chi connectivity index (χ2n) is 4.95. The van der Waals surface area contributed by atoms with Crippen molar-refractivity contribution < 1.29 is 49.0 Å². The minimum Gasteiger partial charge on any atom is -0.691 e. The summed E-state index contributed by atoms with van der Waals surface area (Å²) in [6.45, 7) is 1.78. The summed E-state index contributed by atoms with van der Waals surface area (Å²) in [5.41, 5.74) is 2.53. The van der Waals surface area contributed by atoms with Crippen molar-refractivity contribution in [3.63, 3.8) is 0 Å². The van der Waals surface area contributed by atoms with E-state index in [1.165, 1.54) is 5.01 Å². The Morgan fingerprint density at radius 3 is 2.52 bits per heavy atom. The van der Waals surface area contributed by atoms with E-state index >= 15 is 0 Å². The minimum atomic E-state index is -0.209. The van der Waals surface area contributed by atoms with Gasteiger partial charge in [-0.1, -0.05) is 36.4 Å². The molecule has 0 spiro atoms. The van der Waals surface area contributed by atoms with Gasteiger partial charge in [0.1, 0.15) is 0 Å². The first-order valence-electron chi connectivity index (χ1n) is 7.09. The summed E-state index contributed by atoms with van der Waals surface area (Å²) < 4.78 is 4.38. The van der Waals surface area contributed by atoms with Crippen LogP contribution in [0, 0.1) is 0 Å². The number of anilines is 1. The molecule has 2 aromatic rings. The van der Waals surface area contributed by atoms with Gasteiger partial charge in [0.2, 0.25) is 0 Å². The maximum atomic E-state index is 12.7. The van der Waals surface area contributed by atoms with Crippen molar-refractivity contribution in [2.75, 3.05) is 5.01 Å². The van der Waals surface area contributed by atoms with Gasteiger partial charge in [0.05, 0.1) is 29.0 Å². The van der Waals surface area contributed by atoms with Gasteiger partial charge in [0.25, 0.3) is 5.91 Å². The largest absolute Gasteiger partial charge is 1.00 e. The Kier molecular flexibility index (Phi) is 7.39. The van der Waals surface area contributed by atoms with E-state index in [2.05, 4.69) is 14.5 Å². The fraction of sp³-hybridized carbons (Fsp3) is 0.0588. The van der Waals surface area contributed by atoms with Crippen LogP contribution in [0.5, 0.6) is 0 Å². The van der Waals surface area contributed by atoms with Crippen LogP contribution in [-0.4, -0.2) is 11.6 Å². The molecule has 6 nitrogen and oxygen atoms in total. The molecule has 0 fully saturated rings. The van der Waals surface area contributed by atoms with Crippen LogP contribution in [0.2, 0.25) is 0 Å². The van der Waals surface area contributed by atoms with E-state index in [0.717, 1.165) is 17.6 Å². The first-order valence-corrected chi connectivity index (χ1v) is 7.84. The molecule has 122 valence electrons. The van der Waals surface area contributed by atoms with Gasteiger partial charge < -0.3 is 5.26 Å². The van der Waals surface area contributed by atoms with Crippen molar-refractivity contribution in [3.05, 3.63) is 65.7 Å². The number of carbonyl (C=O) groups is 1. The Balaban J connectivity index is 0.00000225. The Labute approximate surface area is 171 Å². The maximum Gasteiger partial charge on any atom is 1.00 e. The third-order valence-corrected chi connectivity index (χ3v) is 4.11. The Hall–Kier alpha value is -1.45. The van der Waals surface area contributed by atoms with Crippen molar-refractivity contribution in [1.29, 1.82) is 0 Å². The third-order valence-electron chi connectivity index (χ3n) is 3.43. The topological polar surface area (TPSA) is 74.2 Å². The predicted molar refractivity (Wildman–Crippen MR) is 89.5 cm³/mol. The quantitative estimate of drug-likeness (QED) is 0.240. The Morgan fingerprint density at radius 2 is 1.80 bits per heavy atom. The standard InChI is InChI=1S/C17H14N2O4S.Na/c1-12-15(11-13-7-5-6-10-16(13)24-23-22-21)17(20)19(18-12)14-8-3-2-4-9-14;/h2-11,21H,1H3;/q;+1/p-1/b15-11-;. The summed E-state index contributed by atoms with van der Waals surface area (Å²) in [6.07, 6.45) is 1.72. The van der Waals surface area contributed by atoms with E-state index in [0.29, 0.717) is 21.9 Å². The second-order valence-corrected chi connectivity index (χ2v) is 5.70. The van der Waals surface area contributed by atoms with E-state index in [9.17, 15) is 10.1 Å². The van der Waals surface area contributed by atoms with Gasteiger partial charge >= 0.3 is 29.6 Å². The molecule has 0 N–H and O–H groups in total. The molecule has 1 heterocycles. The van der Waals surface area contributed by atoms with Gasteiger partial charge in [-0.15, -0.1) is 0 Å². The van der Waals surface area contributed by atoms with Crippen LogP contribution in [0.15, 0.2) is 70.2 Å². The van der Waals surface area contributed by atoms with Crippen molar-refractivity contribution in [2.45, 2.75) is 11.8 Å². The van der Waals surface area contributed by atoms with Crippen LogP contribution >= 0.6 is 12.0 Å². The zero-order valence-electron chi connectivity index (χ0n) is 13.7. The van der Waals surface area contributed by atoms with Crippen molar-refractivity contribution in [2.24, 2.45) is 5.10 Å². The van der Waals surface area contributed by atoms with E-state index in [1.807, 2.05) is 42.5 Å². The average Bonchev–Trinajstić information content (AvgIpc) is 2.90. The van der Waals surface area contributed by atoms with E-state index < -0.39 is 0 Å². The summed E-state index contributed by atoms with van der Waals surface area (Å²) >= 11 is 0.786. The molecule has 0 saturated carbocycles. The Bertz CT molecular complexity index is 811. The summed E-state index contributed by atoms with van der Waals surface area (Å²) in [4.78, 5) is 13.3. The van der Waals surface area contributed by atoms with Gasteiger partial charge in [0.15, 0.2) is 0 Å². The fourth-order valence-electron chi connectivity index (χ4n) is 2.31. The van der Waals surface area contributed by atoms with Crippen molar-refractivity contribution in [3.8, 4) is 0 Å². The van der Waals surface area contributed by atoms with Gasteiger partial charge in [-0.25, -0.2) is 0 Å². The van der Waals surface area contributed by atoms with Crippen LogP contribution in [0.1, 0.15) is 12.5 Å². The normalized spacial score (nSPS) is 15.3. The number of hydrogen-bond donors (Lipinski definition) is 0. The van der Waals surface area contributed by atoms with Crippen molar-refractivity contribution in [1.82, 2.24) is 0 Å². The van der Waals surface area contributed by atoms with Gasteiger partial charge in [-0.3, -0.25) is 9.83 Å². The second kappa shape index (κ2) is 9.30. The molecule has 0 bridgehead atoms. The fourth-order valence-corrected chi connectivity index (χ4v) is 2.77.